The van der Waals surface area contributed by atoms with E-state index < -0.39 is 17.5 Å². The Morgan fingerprint density at radius 1 is 1.08 bits per heavy atom. The molecule has 6 nitrogen and oxygen atoms in total. The smallest absolute Gasteiger partial charge is 0.376 e. The highest BCUT2D eigenvalue weighted by Gasteiger charge is 2.17. The number of ketones is 1. The van der Waals surface area contributed by atoms with Gasteiger partial charge in [-0.05, 0) is 30.2 Å². The molecule has 2 aromatic carbocycles. The molecule has 3 aromatic rings. The maximum absolute atomic E-state index is 11.4. The first kappa shape index (κ1) is 16.4. The van der Waals surface area contributed by atoms with Gasteiger partial charge in [-0.25, -0.2) is 9.78 Å². The number of carbonyl (C=O) groups is 2. The summed E-state index contributed by atoms with van der Waals surface area (Å²) in [6.07, 6.45) is 0.678. The Kier molecular flexibility index (Phi) is 4.35. The van der Waals surface area contributed by atoms with E-state index in [0.717, 1.165) is 16.6 Å². The number of carboxylic acids is 1. The van der Waals surface area contributed by atoms with Crippen LogP contribution in [0.4, 0.5) is 0 Å². The van der Waals surface area contributed by atoms with Gasteiger partial charge < -0.3 is 14.8 Å². The first-order chi connectivity index (χ1) is 12.0. The summed E-state index contributed by atoms with van der Waals surface area (Å²) in [7, 11) is 0. The lowest BCUT2D eigenvalue weighted by molar-refractivity contribution is -0.146. The number of carbonyl (C=O) groups excluding carboxylic acids is 1. The number of benzene rings is 2. The normalized spacial score (nSPS) is 11.6. The highest BCUT2D eigenvalue weighted by Crippen LogP contribution is 2.22. The van der Waals surface area contributed by atoms with Crippen molar-refractivity contribution in [2.24, 2.45) is 0 Å². The Hall–Kier alpha value is -3.41. The fourth-order valence-corrected chi connectivity index (χ4v) is 2.64. The van der Waals surface area contributed by atoms with Gasteiger partial charge in [0.05, 0.1) is 17.6 Å². The van der Waals surface area contributed by atoms with Crippen LogP contribution < -0.4 is 0 Å². The third kappa shape index (κ3) is 3.28. The molecule has 0 aliphatic heterocycles. The van der Waals surface area contributed by atoms with Crippen molar-refractivity contribution in [1.29, 1.82) is 0 Å². The second kappa shape index (κ2) is 6.60. The topological polar surface area (TPSA) is 92.4 Å². The Balaban J connectivity index is 2.14. The molecule has 0 amide bonds. The van der Waals surface area contributed by atoms with E-state index in [2.05, 4.69) is 4.98 Å². The average molecular weight is 336 g/mol. The third-order valence-electron chi connectivity index (χ3n) is 3.95. The van der Waals surface area contributed by atoms with Gasteiger partial charge in [-0.1, -0.05) is 36.4 Å². The van der Waals surface area contributed by atoms with E-state index in [1.807, 2.05) is 49.4 Å². The van der Waals surface area contributed by atoms with Gasteiger partial charge in [0.2, 0.25) is 0 Å². The van der Waals surface area contributed by atoms with Crippen LogP contribution in [-0.2, 0) is 16.1 Å². The molecule has 3 rings (SSSR count). The highest BCUT2D eigenvalue weighted by atomic mass is 16.4. The summed E-state index contributed by atoms with van der Waals surface area (Å²) < 4.78 is 1.76. The Bertz CT molecular complexity index is 1000. The fraction of sp³-hybridized carbons (Fsp3) is 0.105. The number of nitrogens with zero attached hydrogens (tertiary/aromatic N) is 2. The minimum Gasteiger partial charge on any atom is -0.504 e. The van der Waals surface area contributed by atoms with E-state index in [1.165, 1.54) is 0 Å². The molecule has 6 heteroatoms. The van der Waals surface area contributed by atoms with Crippen LogP contribution in [0, 0.1) is 6.92 Å². The van der Waals surface area contributed by atoms with Gasteiger partial charge in [-0.15, -0.1) is 0 Å². The van der Waals surface area contributed by atoms with E-state index >= 15 is 0 Å². The zero-order valence-electron chi connectivity index (χ0n) is 13.5. The lowest BCUT2D eigenvalue weighted by Crippen LogP contribution is -2.11. The predicted octanol–water partition coefficient (Wildman–Crippen LogP) is 2.95. The quantitative estimate of drug-likeness (QED) is 0.424. The summed E-state index contributed by atoms with van der Waals surface area (Å²) in [4.78, 5) is 26.5. The second-order valence-corrected chi connectivity index (χ2v) is 5.64. The molecule has 0 saturated carbocycles. The molecule has 1 aromatic heterocycles. The van der Waals surface area contributed by atoms with Crippen molar-refractivity contribution in [2.75, 3.05) is 0 Å². The van der Waals surface area contributed by atoms with Crippen molar-refractivity contribution >= 4 is 28.5 Å². The van der Waals surface area contributed by atoms with Crippen LogP contribution >= 0.6 is 0 Å². The number of aromatic nitrogens is 2. The molecule has 25 heavy (non-hydrogen) atoms. The van der Waals surface area contributed by atoms with Gasteiger partial charge >= 0.3 is 5.97 Å². The number of fused-ring (bicyclic) bond motifs is 1. The Morgan fingerprint density at radius 2 is 1.76 bits per heavy atom. The molecular formula is C19H16N2O4. The molecule has 2 N–H and O–H groups in total. The summed E-state index contributed by atoms with van der Waals surface area (Å²) in [5, 5.41) is 19.0. The molecule has 0 aliphatic carbocycles. The van der Waals surface area contributed by atoms with Gasteiger partial charge in [-0.2, -0.15) is 0 Å². The predicted molar refractivity (Wildman–Crippen MR) is 93.3 cm³/mol. The van der Waals surface area contributed by atoms with Crippen LogP contribution in [0.15, 0.2) is 54.6 Å². The minimum absolute atomic E-state index is 0.152. The van der Waals surface area contributed by atoms with Crippen LogP contribution in [0.1, 0.15) is 17.0 Å². The Labute approximate surface area is 143 Å². The van der Waals surface area contributed by atoms with E-state index in [9.17, 15) is 14.7 Å². The highest BCUT2D eigenvalue weighted by molar-refractivity contribution is 6.38. The van der Waals surface area contributed by atoms with Gasteiger partial charge in [0.25, 0.3) is 5.78 Å². The number of hydrogen-bond acceptors (Lipinski definition) is 4. The standard InChI is InChI=1S/C19H16N2O4/c1-12-6-2-3-7-13(12)11-21-15-9-5-4-8-14(15)20-18(21)16(22)10-17(23)19(24)25/h2-10,22H,11H2,1H3,(H,24,25)/b16-10-. The number of rotatable bonds is 5. The SMILES string of the molecule is Cc1ccccc1Cn1c(/C(O)=C/C(=O)C(=O)O)nc2ccccc21. The molecule has 0 saturated heterocycles. The molecule has 0 radical (unpaired) electrons. The van der Waals surface area contributed by atoms with E-state index in [4.69, 9.17) is 5.11 Å². The lowest BCUT2D eigenvalue weighted by atomic mass is 10.1. The van der Waals surface area contributed by atoms with Crippen molar-refractivity contribution in [2.45, 2.75) is 13.5 Å². The third-order valence-corrected chi connectivity index (χ3v) is 3.95. The first-order valence-electron chi connectivity index (χ1n) is 7.65. The number of aryl methyl sites for hydroxylation is 1. The van der Waals surface area contributed by atoms with Crippen molar-refractivity contribution in [3.05, 3.63) is 71.6 Å². The van der Waals surface area contributed by atoms with Crippen LogP contribution in [0.5, 0.6) is 0 Å². The maximum atomic E-state index is 11.4. The summed E-state index contributed by atoms with van der Waals surface area (Å²) in [5.41, 5.74) is 3.54. The summed E-state index contributed by atoms with van der Waals surface area (Å²) in [6.45, 7) is 2.42. The number of para-hydroxylation sites is 2. The molecule has 0 spiro atoms. The van der Waals surface area contributed by atoms with Crippen LogP contribution in [0.3, 0.4) is 0 Å². The average Bonchev–Trinajstić information content (AvgIpc) is 2.95. The summed E-state index contributed by atoms with van der Waals surface area (Å²) in [5.74, 6) is -3.16. The molecule has 0 atom stereocenters. The number of aliphatic hydroxyl groups is 1. The second-order valence-electron chi connectivity index (χ2n) is 5.64. The van der Waals surface area contributed by atoms with Crippen LogP contribution in [-0.4, -0.2) is 31.5 Å². The number of aliphatic carboxylic acids is 1. The molecular weight excluding hydrogens is 320 g/mol. The first-order valence-corrected chi connectivity index (χ1v) is 7.65. The van der Waals surface area contributed by atoms with Crippen LogP contribution in [0.25, 0.3) is 16.8 Å². The number of hydrogen-bond donors (Lipinski definition) is 2. The molecule has 0 unspecified atom stereocenters. The van der Waals surface area contributed by atoms with Gasteiger partial charge in [0.1, 0.15) is 0 Å². The van der Waals surface area contributed by atoms with Crippen molar-refractivity contribution < 1.29 is 19.8 Å². The van der Waals surface area contributed by atoms with Gasteiger partial charge in [0.15, 0.2) is 11.6 Å². The number of imidazole rings is 1. The fourth-order valence-electron chi connectivity index (χ4n) is 2.64. The van der Waals surface area contributed by atoms with Crippen molar-refractivity contribution in [1.82, 2.24) is 9.55 Å². The zero-order valence-corrected chi connectivity index (χ0v) is 13.5. The van der Waals surface area contributed by atoms with E-state index in [-0.39, 0.29) is 5.82 Å². The summed E-state index contributed by atoms with van der Waals surface area (Å²) in [6, 6.07) is 15.1. The zero-order chi connectivity index (χ0) is 18.0. The number of aliphatic hydroxyl groups excluding tert-OH is 1. The lowest BCUT2D eigenvalue weighted by Gasteiger charge is -2.11. The van der Waals surface area contributed by atoms with Gasteiger partial charge in [-0.3, -0.25) is 4.79 Å². The van der Waals surface area contributed by atoms with Crippen molar-refractivity contribution in [3.8, 4) is 0 Å². The molecule has 126 valence electrons. The van der Waals surface area contributed by atoms with E-state index in [0.29, 0.717) is 18.1 Å². The largest absolute Gasteiger partial charge is 0.504 e. The van der Waals surface area contributed by atoms with Crippen molar-refractivity contribution in [3.63, 3.8) is 0 Å². The van der Waals surface area contributed by atoms with Crippen LogP contribution in [0.2, 0.25) is 0 Å². The number of carboxylic acid groups (broad SMARTS) is 1. The monoisotopic (exact) mass is 336 g/mol. The molecule has 1 heterocycles. The molecule has 0 aliphatic rings. The molecule has 0 bridgehead atoms. The molecule has 0 fully saturated rings. The van der Waals surface area contributed by atoms with Gasteiger partial charge in [0, 0.05) is 6.08 Å². The maximum Gasteiger partial charge on any atom is 0.376 e. The van der Waals surface area contributed by atoms with E-state index in [1.54, 1.807) is 10.6 Å². The summed E-state index contributed by atoms with van der Waals surface area (Å²) >= 11 is 0. The minimum atomic E-state index is -1.63. The Morgan fingerprint density at radius 3 is 2.48 bits per heavy atom.